The van der Waals surface area contributed by atoms with E-state index in [1.807, 2.05) is 6.07 Å². The highest BCUT2D eigenvalue weighted by molar-refractivity contribution is 6.06. The quantitative estimate of drug-likeness (QED) is 0.577. The van der Waals surface area contributed by atoms with Gasteiger partial charge in [-0.15, -0.1) is 0 Å². The number of alkyl halides is 3. The number of anilines is 1. The van der Waals surface area contributed by atoms with Gasteiger partial charge in [0.1, 0.15) is 23.3 Å². The maximum absolute atomic E-state index is 13.0. The first-order valence-corrected chi connectivity index (χ1v) is 10.5. The lowest BCUT2D eigenvalue weighted by molar-refractivity contribution is -0.153. The highest BCUT2D eigenvalue weighted by Gasteiger charge is 2.43. The van der Waals surface area contributed by atoms with Crippen LogP contribution in [0.4, 0.5) is 18.9 Å². The topological polar surface area (TPSA) is 139 Å². The van der Waals surface area contributed by atoms with Gasteiger partial charge in [0.15, 0.2) is 6.61 Å². The van der Waals surface area contributed by atoms with Crippen molar-refractivity contribution in [2.75, 3.05) is 25.7 Å². The Morgan fingerprint density at radius 2 is 1.68 bits per heavy atom. The van der Waals surface area contributed by atoms with Gasteiger partial charge in [-0.1, -0.05) is 30.3 Å². The zero-order valence-corrected chi connectivity index (χ0v) is 19.5. The van der Waals surface area contributed by atoms with Crippen molar-refractivity contribution in [1.29, 1.82) is 10.5 Å². The Hall–Kier alpha value is -4.97. The normalized spacial score (nSPS) is 15.5. The SMILES string of the molecule is COC(=O)C1=C(C(=O)OC)N(c2ccc(OCC(F)(F)F)c(C#N)c2)C(N)=C(C#N)C1c1ccccc1. The van der Waals surface area contributed by atoms with Crippen molar-refractivity contribution in [1.82, 2.24) is 0 Å². The summed E-state index contributed by atoms with van der Waals surface area (Å²) in [6, 6.07) is 15.4. The van der Waals surface area contributed by atoms with Crippen molar-refractivity contribution >= 4 is 17.6 Å². The third-order valence-electron chi connectivity index (χ3n) is 5.34. The van der Waals surface area contributed by atoms with Crippen LogP contribution in [0.3, 0.4) is 0 Å². The van der Waals surface area contributed by atoms with Gasteiger partial charge >= 0.3 is 18.1 Å². The lowest BCUT2D eigenvalue weighted by atomic mass is 9.81. The predicted octanol–water partition coefficient (Wildman–Crippen LogP) is 3.40. The van der Waals surface area contributed by atoms with E-state index in [-0.39, 0.29) is 34.0 Å². The summed E-state index contributed by atoms with van der Waals surface area (Å²) in [5.74, 6) is -3.71. The number of nitrogens with two attached hydrogens (primary N) is 1. The number of ether oxygens (including phenoxy) is 3. The van der Waals surface area contributed by atoms with Crippen LogP contribution >= 0.6 is 0 Å². The highest BCUT2D eigenvalue weighted by atomic mass is 19.4. The molecule has 2 N–H and O–H groups in total. The maximum atomic E-state index is 13.0. The minimum Gasteiger partial charge on any atom is -0.483 e. The summed E-state index contributed by atoms with van der Waals surface area (Å²) < 4.78 is 52.4. The zero-order valence-electron chi connectivity index (χ0n) is 19.5. The maximum Gasteiger partial charge on any atom is 0.422 e. The van der Waals surface area contributed by atoms with Crippen LogP contribution in [0.15, 0.2) is 71.2 Å². The molecule has 12 heteroatoms. The molecule has 9 nitrogen and oxygen atoms in total. The number of allylic oxidation sites excluding steroid dienone is 1. The Morgan fingerprint density at radius 1 is 1.03 bits per heavy atom. The lowest BCUT2D eigenvalue weighted by Gasteiger charge is -2.36. The Morgan fingerprint density at radius 3 is 2.22 bits per heavy atom. The summed E-state index contributed by atoms with van der Waals surface area (Å²) in [7, 11) is 2.15. The molecule has 1 aliphatic heterocycles. The monoisotopic (exact) mass is 512 g/mol. The molecule has 1 heterocycles. The van der Waals surface area contributed by atoms with Crippen LogP contribution in [0.2, 0.25) is 0 Å². The fourth-order valence-corrected chi connectivity index (χ4v) is 3.81. The van der Waals surface area contributed by atoms with Crippen molar-refractivity contribution in [2.24, 2.45) is 5.73 Å². The zero-order chi connectivity index (χ0) is 27.3. The molecule has 2 aromatic rings. The minimum absolute atomic E-state index is 0.0190. The summed E-state index contributed by atoms with van der Waals surface area (Å²) in [6.07, 6.45) is -4.64. The number of methoxy groups -OCH3 is 2. The number of esters is 2. The average Bonchev–Trinajstić information content (AvgIpc) is 2.90. The number of carbonyl (C=O) groups excluding carboxylic acids is 2. The molecule has 2 aromatic carbocycles. The van der Waals surface area contributed by atoms with E-state index in [1.165, 1.54) is 6.07 Å². The van der Waals surface area contributed by atoms with E-state index in [4.69, 9.17) is 19.9 Å². The fourth-order valence-electron chi connectivity index (χ4n) is 3.81. The molecular formula is C25H19F3N4O5. The van der Waals surface area contributed by atoms with E-state index >= 15 is 0 Å². The molecule has 1 atom stereocenters. The molecule has 1 aliphatic rings. The molecule has 3 rings (SSSR count). The van der Waals surface area contributed by atoms with Crippen molar-refractivity contribution < 1.29 is 37.0 Å². The Balaban J connectivity index is 2.30. The van der Waals surface area contributed by atoms with Gasteiger partial charge in [-0.2, -0.15) is 23.7 Å². The smallest absolute Gasteiger partial charge is 0.422 e. The molecule has 0 saturated heterocycles. The number of benzene rings is 2. The molecule has 0 radical (unpaired) electrons. The summed E-state index contributed by atoms with van der Waals surface area (Å²) in [6.45, 7) is -1.63. The molecule has 0 amide bonds. The molecule has 37 heavy (non-hydrogen) atoms. The van der Waals surface area contributed by atoms with Crippen LogP contribution < -0.4 is 15.4 Å². The van der Waals surface area contributed by atoms with Gasteiger partial charge in [0, 0.05) is 5.69 Å². The molecular weight excluding hydrogens is 493 g/mol. The lowest BCUT2D eigenvalue weighted by Crippen LogP contribution is -2.40. The van der Waals surface area contributed by atoms with Crippen LogP contribution in [0.25, 0.3) is 0 Å². The summed E-state index contributed by atoms with van der Waals surface area (Å²) in [5, 5.41) is 19.5. The van der Waals surface area contributed by atoms with Gasteiger partial charge in [-0.25, -0.2) is 9.59 Å². The Labute approximate surface area is 209 Å². The van der Waals surface area contributed by atoms with Gasteiger partial charge in [0.05, 0.1) is 42.9 Å². The number of carbonyl (C=O) groups is 2. The summed E-state index contributed by atoms with van der Waals surface area (Å²) in [4.78, 5) is 27.1. The first kappa shape index (κ1) is 26.6. The minimum atomic E-state index is -4.64. The Bertz CT molecular complexity index is 1370. The van der Waals surface area contributed by atoms with Gasteiger partial charge in [0.2, 0.25) is 0 Å². The second-order valence-corrected chi connectivity index (χ2v) is 7.53. The van der Waals surface area contributed by atoms with Crippen LogP contribution in [-0.2, 0) is 19.1 Å². The number of nitrogens with zero attached hydrogens (tertiary/aromatic N) is 3. The number of hydrogen-bond donors (Lipinski definition) is 1. The predicted molar refractivity (Wildman–Crippen MR) is 122 cm³/mol. The Kier molecular flexibility index (Phi) is 7.73. The molecule has 0 spiro atoms. The molecule has 0 aromatic heterocycles. The number of rotatable bonds is 6. The van der Waals surface area contributed by atoms with Crippen molar-refractivity contribution in [3.8, 4) is 17.9 Å². The second kappa shape index (κ2) is 10.7. The van der Waals surface area contributed by atoms with Crippen LogP contribution in [0.5, 0.6) is 5.75 Å². The van der Waals surface area contributed by atoms with Gasteiger partial charge in [-0.05, 0) is 23.8 Å². The number of halogens is 3. The van der Waals surface area contributed by atoms with Gasteiger partial charge < -0.3 is 19.9 Å². The first-order chi connectivity index (χ1) is 17.6. The molecule has 0 bridgehead atoms. The van der Waals surface area contributed by atoms with E-state index in [0.29, 0.717) is 5.56 Å². The number of nitriles is 2. The molecule has 0 saturated carbocycles. The van der Waals surface area contributed by atoms with E-state index < -0.39 is 36.3 Å². The standard InChI is InChI=1S/C25H19F3N4O5/c1-35-23(33)20-19(14-6-4-3-5-7-14)17(12-30)22(31)32(21(20)24(34)36-2)16-8-9-18(15(10-16)11-29)37-13-25(26,27)28/h3-10,19H,13,31H2,1-2H3. The summed E-state index contributed by atoms with van der Waals surface area (Å²) in [5.41, 5.74) is 5.70. The van der Waals surface area contributed by atoms with E-state index in [0.717, 1.165) is 31.3 Å². The third kappa shape index (κ3) is 5.33. The van der Waals surface area contributed by atoms with Gasteiger partial charge in [-0.3, -0.25) is 4.90 Å². The van der Waals surface area contributed by atoms with Crippen LogP contribution in [-0.4, -0.2) is 38.9 Å². The largest absolute Gasteiger partial charge is 0.483 e. The van der Waals surface area contributed by atoms with Crippen molar-refractivity contribution in [3.05, 3.63) is 82.3 Å². The molecule has 1 unspecified atom stereocenters. The molecule has 0 fully saturated rings. The number of hydrogen-bond acceptors (Lipinski definition) is 9. The summed E-state index contributed by atoms with van der Waals surface area (Å²) >= 11 is 0. The van der Waals surface area contributed by atoms with E-state index in [9.17, 15) is 33.3 Å². The second-order valence-electron chi connectivity index (χ2n) is 7.53. The van der Waals surface area contributed by atoms with Crippen LogP contribution in [0.1, 0.15) is 17.0 Å². The van der Waals surface area contributed by atoms with Gasteiger partial charge in [0.25, 0.3) is 0 Å². The van der Waals surface area contributed by atoms with Crippen LogP contribution in [0, 0.1) is 22.7 Å². The van der Waals surface area contributed by atoms with Crippen molar-refractivity contribution in [3.63, 3.8) is 0 Å². The van der Waals surface area contributed by atoms with E-state index in [1.54, 1.807) is 36.4 Å². The van der Waals surface area contributed by atoms with Crippen molar-refractivity contribution in [2.45, 2.75) is 12.1 Å². The average molecular weight is 512 g/mol. The first-order valence-electron chi connectivity index (χ1n) is 10.5. The molecule has 190 valence electrons. The molecule has 0 aliphatic carbocycles. The third-order valence-corrected chi connectivity index (χ3v) is 5.34. The fraction of sp³-hybridized carbons (Fsp3) is 0.200. The van der Waals surface area contributed by atoms with E-state index in [2.05, 4.69) is 0 Å². The highest BCUT2D eigenvalue weighted by Crippen LogP contribution is 2.43.